The number of esters is 1. The molecular formula is C24H26N2O4. The van der Waals surface area contributed by atoms with Gasteiger partial charge in [-0.3, -0.25) is 4.79 Å². The van der Waals surface area contributed by atoms with Gasteiger partial charge in [0.25, 0.3) is 5.91 Å². The second kappa shape index (κ2) is 8.71. The topological polar surface area (TPSA) is 76.7 Å². The van der Waals surface area contributed by atoms with Crippen LogP contribution < -0.4 is 10.6 Å². The number of ether oxygens (including phenoxy) is 2. The summed E-state index contributed by atoms with van der Waals surface area (Å²) in [6.45, 7) is 0.976. The number of benzene rings is 2. The Morgan fingerprint density at radius 3 is 2.60 bits per heavy atom. The van der Waals surface area contributed by atoms with Gasteiger partial charge in [-0.25, -0.2) is 4.79 Å². The van der Waals surface area contributed by atoms with Gasteiger partial charge in [0, 0.05) is 30.8 Å². The smallest absolute Gasteiger partial charge is 0.337 e. The van der Waals surface area contributed by atoms with Gasteiger partial charge >= 0.3 is 5.97 Å². The molecule has 1 aliphatic carbocycles. The van der Waals surface area contributed by atoms with Gasteiger partial charge in [-0.15, -0.1) is 0 Å². The summed E-state index contributed by atoms with van der Waals surface area (Å²) >= 11 is 0. The highest BCUT2D eigenvalue weighted by Crippen LogP contribution is 2.49. The van der Waals surface area contributed by atoms with Crippen molar-refractivity contribution < 1.29 is 19.1 Å². The fraction of sp³-hybridized carbons (Fsp3) is 0.333. The van der Waals surface area contributed by atoms with E-state index in [-0.39, 0.29) is 23.8 Å². The molecule has 1 aliphatic heterocycles. The Morgan fingerprint density at radius 1 is 1.10 bits per heavy atom. The molecule has 2 aliphatic rings. The number of allylic oxidation sites excluding steroid dienone is 2. The number of fused-ring (bicyclic) bond motifs is 3. The number of nitrogens with one attached hydrogen (secondary N) is 2. The van der Waals surface area contributed by atoms with Crippen LogP contribution in [-0.2, 0) is 9.47 Å². The molecular weight excluding hydrogens is 380 g/mol. The summed E-state index contributed by atoms with van der Waals surface area (Å²) in [5.74, 6) is 0.175. The van der Waals surface area contributed by atoms with E-state index in [1.165, 1.54) is 7.11 Å². The Morgan fingerprint density at radius 2 is 1.87 bits per heavy atom. The molecule has 0 bridgehead atoms. The monoisotopic (exact) mass is 406 g/mol. The van der Waals surface area contributed by atoms with Crippen LogP contribution in [0.2, 0.25) is 0 Å². The molecule has 30 heavy (non-hydrogen) atoms. The first kappa shape index (κ1) is 20.2. The molecule has 0 unspecified atom stereocenters. The van der Waals surface area contributed by atoms with Crippen molar-refractivity contribution in [2.75, 3.05) is 32.7 Å². The van der Waals surface area contributed by atoms with E-state index in [2.05, 4.69) is 22.8 Å². The Labute approximate surface area is 176 Å². The molecule has 0 fully saturated rings. The molecule has 2 aromatic carbocycles. The molecule has 4 rings (SSSR count). The Hall–Kier alpha value is -3.12. The van der Waals surface area contributed by atoms with Crippen LogP contribution in [0.3, 0.4) is 0 Å². The molecule has 156 valence electrons. The SMILES string of the molecule is COCCNC(=O)c1ccc([C@H]2Nc3ccc(C(=O)OC)cc3[C@H]3C=CC[C@H]32)cc1. The van der Waals surface area contributed by atoms with Gasteiger partial charge in [0.2, 0.25) is 0 Å². The number of anilines is 1. The molecule has 0 saturated heterocycles. The minimum Gasteiger partial charge on any atom is -0.465 e. The van der Waals surface area contributed by atoms with E-state index < -0.39 is 0 Å². The maximum absolute atomic E-state index is 12.2. The predicted octanol–water partition coefficient (Wildman–Crippen LogP) is 3.68. The van der Waals surface area contributed by atoms with E-state index in [9.17, 15) is 9.59 Å². The first-order chi connectivity index (χ1) is 14.6. The van der Waals surface area contributed by atoms with Crippen molar-refractivity contribution >= 4 is 17.6 Å². The molecule has 0 radical (unpaired) electrons. The molecule has 1 amide bonds. The molecule has 6 nitrogen and oxygen atoms in total. The lowest BCUT2D eigenvalue weighted by atomic mass is 9.76. The van der Waals surface area contributed by atoms with Crippen LogP contribution in [0.15, 0.2) is 54.6 Å². The van der Waals surface area contributed by atoms with Gasteiger partial charge < -0.3 is 20.1 Å². The minimum atomic E-state index is -0.321. The van der Waals surface area contributed by atoms with Gasteiger partial charge in [-0.2, -0.15) is 0 Å². The highest BCUT2D eigenvalue weighted by atomic mass is 16.5. The van der Waals surface area contributed by atoms with Gasteiger partial charge in [-0.1, -0.05) is 24.3 Å². The molecule has 0 saturated carbocycles. The number of hydrogen-bond donors (Lipinski definition) is 2. The molecule has 2 N–H and O–H groups in total. The summed E-state index contributed by atoms with van der Waals surface area (Å²) < 4.78 is 9.84. The number of amides is 1. The zero-order valence-electron chi connectivity index (χ0n) is 17.2. The maximum Gasteiger partial charge on any atom is 0.337 e. The third-order valence-electron chi connectivity index (χ3n) is 5.91. The molecule has 3 atom stereocenters. The van der Waals surface area contributed by atoms with Crippen molar-refractivity contribution in [1.29, 1.82) is 0 Å². The molecule has 1 heterocycles. The standard InChI is InChI=1S/C24H26N2O4/c1-29-13-12-25-23(27)16-8-6-15(7-9-16)22-19-5-3-4-18(19)20-14-17(24(28)30-2)10-11-21(20)26-22/h3-4,6-11,14,18-19,22,26H,5,12-13H2,1-2H3,(H,25,27)/t18-,19+,22+/m0/s1. The minimum absolute atomic E-state index is 0.101. The Kier molecular flexibility index (Phi) is 5.86. The number of hydrogen-bond acceptors (Lipinski definition) is 5. The summed E-state index contributed by atoms with van der Waals surface area (Å²) in [7, 11) is 3.01. The van der Waals surface area contributed by atoms with E-state index in [0.717, 1.165) is 23.2 Å². The number of methoxy groups -OCH3 is 2. The third kappa shape index (κ3) is 3.83. The van der Waals surface area contributed by atoms with E-state index >= 15 is 0 Å². The Balaban J connectivity index is 1.56. The zero-order valence-corrected chi connectivity index (χ0v) is 17.2. The average Bonchev–Trinajstić information content (AvgIpc) is 3.28. The lowest BCUT2D eigenvalue weighted by molar-refractivity contribution is 0.0600. The van der Waals surface area contributed by atoms with E-state index in [1.54, 1.807) is 13.2 Å². The fourth-order valence-corrected chi connectivity index (χ4v) is 4.38. The predicted molar refractivity (Wildman–Crippen MR) is 115 cm³/mol. The first-order valence-corrected chi connectivity index (χ1v) is 10.1. The maximum atomic E-state index is 12.2. The molecule has 6 heteroatoms. The van der Waals surface area contributed by atoms with Crippen molar-refractivity contribution in [1.82, 2.24) is 5.32 Å². The van der Waals surface area contributed by atoms with Crippen molar-refractivity contribution in [2.24, 2.45) is 5.92 Å². The normalized spacial score (nSPS) is 21.3. The lowest BCUT2D eigenvalue weighted by Gasteiger charge is -2.37. The summed E-state index contributed by atoms with van der Waals surface area (Å²) in [4.78, 5) is 24.2. The van der Waals surface area contributed by atoms with E-state index in [0.29, 0.717) is 30.2 Å². The quantitative estimate of drug-likeness (QED) is 0.435. The van der Waals surface area contributed by atoms with Gasteiger partial charge in [-0.05, 0) is 53.8 Å². The highest BCUT2D eigenvalue weighted by Gasteiger charge is 2.38. The number of carbonyl (C=O) groups excluding carboxylic acids is 2. The lowest BCUT2D eigenvalue weighted by Crippen LogP contribution is -2.29. The Bertz CT molecular complexity index is 968. The molecule has 0 aromatic heterocycles. The molecule has 2 aromatic rings. The van der Waals surface area contributed by atoms with Crippen LogP contribution in [0.1, 0.15) is 50.2 Å². The van der Waals surface area contributed by atoms with Crippen molar-refractivity contribution in [3.63, 3.8) is 0 Å². The second-order valence-electron chi connectivity index (χ2n) is 7.64. The van der Waals surface area contributed by atoms with Gasteiger partial charge in [0.05, 0.1) is 25.3 Å². The number of rotatable bonds is 6. The van der Waals surface area contributed by atoms with Gasteiger partial charge in [0.1, 0.15) is 0 Å². The highest BCUT2D eigenvalue weighted by molar-refractivity contribution is 5.94. The van der Waals surface area contributed by atoms with Crippen molar-refractivity contribution in [2.45, 2.75) is 18.4 Å². The van der Waals surface area contributed by atoms with Crippen LogP contribution in [0, 0.1) is 5.92 Å². The van der Waals surface area contributed by atoms with Crippen LogP contribution >= 0.6 is 0 Å². The van der Waals surface area contributed by atoms with Crippen LogP contribution in [-0.4, -0.2) is 39.2 Å². The summed E-state index contributed by atoms with van der Waals surface area (Å²) in [5, 5.41) is 6.49. The number of carbonyl (C=O) groups is 2. The first-order valence-electron chi connectivity index (χ1n) is 10.1. The van der Waals surface area contributed by atoms with E-state index in [4.69, 9.17) is 9.47 Å². The third-order valence-corrected chi connectivity index (χ3v) is 5.91. The largest absolute Gasteiger partial charge is 0.465 e. The fourth-order valence-electron chi connectivity index (χ4n) is 4.38. The zero-order chi connectivity index (χ0) is 21.1. The molecule has 0 spiro atoms. The summed E-state index contributed by atoms with van der Waals surface area (Å²) in [6, 6.07) is 13.6. The van der Waals surface area contributed by atoms with Crippen molar-refractivity contribution in [3.05, 3.63) is 76.9 Å². The second-order valence-corrected chi connectivity index (χ2v) is 7.64. The van der Waals surface area contributed by atoms with Crippen LogP contribution in [0.25, 0.3) is 0 Å². The van der Waals surface area contributed by atoms with E-state index in [1.807, 2.05) is 36.4 Å². The summed E-state index contributed by atoms with van der Waals surface area (Å²) in [5.41, 5.74) is 4.50. The van der Waals surface area contributed by atoms with Gasteiger partial charge in [0.15, 0.2) is 0 Å². The summed E-state index contributed by atoms with van der Waals surface area (Å²) in [6.07, 6.45) is 5.40. The average molecular weight is 406 g/mol. The van der Waals surface area contributed by atoms with Crippen molar-refractivity contribution in [3.8, 4) is 0 Å². The van der Waals surface area contributed by atoms with Crippen LogP contribution in [0.5, 0.6) is 0 Å². The van der Waals surface area contributed by atoms with Crippen LogP contribution in [0.4, 0.5) is 5.69 Å².